The monoisotopic (exact) mass is 312 g/mol. The van der Waals surface area contributed by atoms with Crippen LogP contribution in [-0.2, 0) is 4.74 Å². The van der Waals surface area contributed by atoms with Gasteiger partial charge in [0.25, 0.3) is 5.69 Å². The zero-order valence-electron chi connectivity index (χ0n) is 10.1. The van der Waals surface area contributed by atoms with E-state index in [4.69, 9.17) is 4.74 Å². The number of benzene rings is 1. The second kappa shape index (κ2) is 5.06. The number of hydrogen-bond acceptors (Lipinski definition) is 4. The lowest BCUT2D eigenvalue weighted by molar-refractivity contribution is -0.384. The Balaban J connectivity index is 2.36. The summed E-state index contributed by atoms with van der Waals surface area (Å²) >= 11 is 3.36. The molecule has 0 spiro atoms. The number of ether oxygens (including phenoxy) is 1. The van der Waals surface area contributed by atoms with Crippen molar-refractivity contribution in [2.45, 2.75) is 19.9 Å². The number of halogens is 1. The fraction of sp³-hybridized carbons (Fsp3) is 0.417. The van der Waals surface area contributed by atoms with Crippen molar-refractivity contribution in [2.75, 3.05) is 6.61 Å². The Labute approximate surface area is 113 Å². The molecule has 1 aliphatic heterocycles. The Morgan fingerprint density at radius 3 is 2.83 bits per heavy atom. The van der Waals surface area contributed by atoms with Crippen LogP contribution in [0.4, 0.5) is 5.69 Å². The molecule has 0 aliphatic carbocycles. The quantitative estimate of drug-likeness (QED) is 0.636. The van der Waals surface area contributed by atoms with Gasteiger partial charge in [-0.2, -0.15) is 0 Å². The molecule has 0 amide bonds. The molecule has 0 saturated heterocycles. The van der Waals surface area contributed by atoms with E-state index in [9.17, 15) is 10.1 Å². The highest BCUT2D eigenvalue weighted by Gasteiger charge is 2.25. The number of aliphatic imine (C=N–C) groups is 1. The van der Waals surface area contributed by atoms with Crippen LogP contribution in [-0.4, -0.2) is 23.5 Å². The highest BCUT2D eigenvalue weighted by atomic mass is 79.9. The van der Waals surface area contributed by atoms with E-state index in [2.05, 4.69) is 34.8 Å². The third kappa shape index (κ3) is 2.53. The normalized spacial score (nSPS) is 18.7. The van der Waals surface area contributed by atoms with Gasteiger partial charge in [0.15, 0.2) is 0 Å². The third-order valence-corrected chi connectivity index (χ3v) is 3.53. The third-order valence-electron chi connectivity index (χ3n) is 2.83. The average Bonchev–Trinajstić information content (AvgIpc) is 2.78. The van der Waals surface area contributed by atoms with E-state index in [-0.39, 0.29) is 11.7 Å². The molecule has 6 heteroatoms. The van der Waals surface area contributed by atoms with Crippen molar-refractivity contribution in [1.29, 1.82) is 0 Å². The van der Waals surface area contributed by atoms with Crippen LogP contribution in [0.2, 0.25) is 0 Å². The molecule has 1 atom stereocenters. The molecule has 0 fully saturated rings. The first-order valence-electron chi connectivity index (χ1n) is 5.64. The van der Waals surface area contributed by atoms with Gasteiger partial charge in [0.05, 0.1) is 16.5 Å². The standard InChI is InChI=1S/C12H13BrN2O3/c1-7(2)11-6-18-12(14-11)9-5-8(15(16)17)3-4-10(9)13/h3-5,7,11H,6H2,1-2H3/t11-/m1/s1. The van der Waals surface area contributed by atoms with Gasteiger partial charge < -0.3 is 4.74 Å². The van der Waals surface area contributed by atoms with Crippen molar-refractivity contribution < 1.29 is 9.66 Å². The maximum Gasteiger partial charge on any atom is 0.270 e. The molecule has 96 valence electrons. The molecule has 2 rings (SSSR count). The number of hydrogen-bond donors (Lipinski definition) is 0. The van der Waals surface area contributed by atoms with Gasteiger partial charge in [-0.3, -0.25) is 10.1 Å². The first-order valence-corrected chi connectivity index (χ1v) is 6.43. The van der Waals surface area contributed by atoms with Gasteiger partial charge in [-0.15, -0.1) is 0 Å². The molecule has 0 saturated carbocycles. The summed E-state index contributed by atoms with van der Waals surface area (Å²) < 4.78 is 6.27. The highest BCUT2D eigenvalue weighted by Crippen LogP contribution is 2.26. The Morgan fingerprint density at radius 2 is 2.28 bits per heavy atom. The topological polar surface area (TPSA) is 64.7 Å². The van der Waals surface area contributed by atoms with Crippen molar-refractivity contribution in [2.24, 2.45) is 10.9 Å². The number of nitrogens with zero attached hydrogens (tertiary/aromatic N) is 2. The zero-order valence-corrected chi connectivity index (χ0v) is 11.7. The van der Waals surface area contributed by atoms with Crippen LogP contribution >= 0.6 is 15.9 Å². The van der Waals surface area contributed by atoms with E-state index in [1.807, 2.05) is 0 Å². The average molecular weight is 313 g/mol. The summed E-state index contributed by atoms with van der Waals surface area (Å²) in [4.78, 5) is 14.8. The lowest BCUT2D eigenvalue weighted by atomic mass is 10.1. The fourth-order valence-corrected chi connectivity index (χ4v) is 2.09. The molecule has 5 nitrogen and oxygen atoms in total. The van der Waals surface area contributed by atoms with Crippen LogP contribution in [0.25, 0.3) is 0 Å². The summed E-state index contributed by atoms with van der Waals surface area (Å²) in [5.74, 6) is 0.865. The highest BCUT2D eigenvalue weighted by molar-refractivity contribution is 9.10. The molecule has 0 N–H and O–H groups in total. The molecule has 0 unspecified atom stereocenters. The van der Waals surface area contributed by atoms with Crippen molar-refractivity contribution in [3.8, 4) is 0 Å². The molecule has 1 aromatic carbocycles. The van der Waals surface area contributed by atoms with Crippen LogP contribution in [0.5, 0.6) is 0 Å². The molecular formula is C12H13BrN2O3. The van der Waals surface area contributed by atoms with Crippen molar-refractivity contribution in [3.05, 3.63) is 38.3 Å². The molecule has 0 bridgehead atoms. The summed E-state index contributed by atoms with van der Waals surface area (Å²) in [5, 5.41) is 10.8. The minimum atomic E-state index is -0.425. The largest absolute Gasteiger partial charge is 0.475 e. The number of nitro groups is 1. The predicted octanol–water partition coefficient (Wildman–Crippen LogP) is 3.16. The number of nitro benzene ring substituents is 1. The van der Waals surface area contributed by atoms with Gasteiger partial charge in [0, 0.05) is 16.6 Å². The lowest BCUT2D eigenvalue weighted by Crippen LogP contribution is -2.13. The molecule has 1 heterocycles. The predicted molar refractivity (Wildman–Crippen MR) is 71.9 cm³/mol. The van der Waals surface area contributed by atoms with E-state index in [1.54, 1.807) is 6.07 Å². The lowest BCUT2D eigenvalue weighted by Gasteiger charge is -2.06. The van der Waals surface area contributed by atoms with Gasteiger partial charge in [0.2, 0.25) is 5.90 Å². The molecule has 18 heavy (non-hydrogen) atoms. The minimum Gasteiger partial charge on any atom is -0.475 e. The van der Waals surface area contributed by atoms with Crippen molar-refractivity contribution in [3.63, 3.8) is 0 Å². The summed E-state index contributed by atoms with van der Waals surface area (Å²) in [5.41, 5.74) is 0.667. The summed E-state index contributed by atoms with van der Waals surface area (Å²) in [7, 11) is 0. The van der Waals surface area contributed by atoms with Crippen molar-refractivity contribution in [1.82, 2.24) is 0 Å². The molecule has 1 aromatic rings. The number of non-ortho nitro benzene ring substituents is 1. The molecular weight excluding hydrogens is 300 g/mol. The zero-order chi connectivity index (χ0) is 13.3. The van der Waals surface area contributed by atoms with E-state index in [1.165, 1.54) is 12.1 Å². The van der Waals surface area contributed by atoms with Crippen LogP contribution in [0.15, 0.2) is 27.7 Å². The molecule has 0 radical (unpaired) electrons. The van der Waals surface area contributed by atoms with Crippen LogP contribution in [0.1, 0.15) is 19.4 Å². The van der Waals surface area contributed by atoms with Crippen molar-refractivity contribution >= 4 is 27.5 Å². The maximum atomic E-state index is 10.8. The van der Waals surface area contributed by atoms with Gasteiger partial charge in [0.1, 0.15) is 6.61 Å². The van der Waals surface area contributed by atoms with E-state index >= 15 is 0 Å². The summed E-state index contributed by atoms with van der Waals surface area (Å²) in [6.07, 6.45) is 0. The Hall–Kier alpha value is -1.43. The SMILES string of the molecule is CC(C)[C@H]1COC(c2cc([N+](=O)[O-])ccc2Br)=N1. The summed E-state index contributed by atoms with van der Waals surface area (Å²) in [6.45, 7) is 4.67. The Bertz CT molecular complexity index is 514. The number of rotatable bonds is 3. The summed E-state index contributed by atoms with van der Waals surface area (Å²) in [6, 6.07) is 4.68. The van der Waals surface area contributed by atoms with E-state index in [0.29, 0.717) is 24.0 Å². The van der Waals surface area contributed by atoms with Gasteiger partial charge in [-0.1, -0.05) is 13.8 Å². The smallest absolute Gasteiger partial charge is 0.270 e. The second-order valence-corrected chi connectivity index (χ2v) is 5.33. The van der Waals surface area contributed by atoms with Crippen LogP contribution in [0, 0.1) is 16.0 Å². The van der Waals surface area contributed by atoms with E-state index < -0.39 is 4.92 Å². The Kier molecular flexibility index (Phi) is 3.65. The minimum absolute atomic E-state index is 0.0347. The fourth-order valence-electron chi connectivity index (χ4n) is 1.67. The van der Waals surface area contributed by atoms with Crippen LogP contribution in [0.3, 0.4) is 0 Å². The van der Waals surface area contributed by atoms with Gasteiger partial charge in [-0.05, 0) is 27.9 Å². The van der Waals surface area contributed by atoms with Gasteiger partial charge >= 0.3 is 0 Å². The van der Waals surface area contributed by atoms with Crippen LogP contribution < -0.4 is 0 Å². The van der Waals surface area contributed by atoms with E-state index in [0.717, 1.165) is 4.47 Å². The molecule has 1 aliphatic rings. The first-order chi connectivity index (χ1) is 8.49. The first kappa shape index (κ1) is 13.0. The molecule has 0 aromatic heterocycles. The van der Waals surface area contributed by atoms with Gasteiger partial charge in [-0.25, -0.2) is 4.99 Å². The second-order valence-electron chi connectivity index (χ2n) is 4.48. The Morgan fingerprint density at radius 1 is 1.56 bits per heavy atom. The maximum absolute atomic E-state index is 10.8.